The number of carbonyl (C=O) groups is 1. The van der Waals surface area contributed by atoms with Gasteiger partial charge in [-0.3, -0.25) is 9.28 Å². The Labute approximate surface area is 165 Å². The predicted molar refractivity (Wildman–Crippen MR) is 104 cm³/mol. The Balaban J connectivity index is 1.96. The number of nitrogens with zero attached hydrogens (tertiary/aromatic N) is 1. The molecule has 4 aliphatic heterocycles. The van der Waals surface area contributed by atoms with E-state index in [1.165, 1.54) is 7.11 Å². The number of hydrogen-bond donors (Lipinski definition) is 3. The highest BCUT2D eigenvalue weighted by molar-refractivity contribution is 5.85. The van der Waals surface area contributed by atoms with Crippen molar-refractivity contribution in [2.75, 3.05) is 39.2 Å². The number of fused-ring (bicyclic) bond motifs is 3. The smallest absolute Gasteiger partial charge is 0.316 e. The van der Waals surface area contributed by atoms with Gasteiger partial charge in [-0.1, -0.05) is 24.3 Å². The van der Waals surface area contributed by atoms with Crippen LogP contribution in [-0.4, -0.2) is 66.3 Å². The molecule has 6 heteroatoms. The summed E-state index contributed by atoms with van der Waals surface area (Å²) >= 11 is 0. The first kappa shape index (κ1) is 18.2. The Morgan fingerprint density at radius 1 is 1.43 bits per heavy atom. The van der Waals surface area contributed by atoms with Crippen LogP contribution in [0.2, 0.25) is 0 Å². The minimum absolute atomic E-state index is 0.258. The summed E-state index contributed by atoms with van der Waals surface area (Å²) in [5.41, 5.74) is 0.476. The van der Waals surface area contributed by atoms with Crippen LogP contribution in [0.3, 0.4) is 0 Å². The highest BCUT2D eigenvalue weighted by atomic mass is 16.5. The average molecular weight is 385 g/mol. The third-order valence-electron chi connectivity index (χ3n) is 8.64. The van der Waals surface area contributed by atoms with Gasteiger partial charge in [0.2, 0.25) is 5.66 Å². The number of aliphatic hydroxyl groups is 2. The summed E-state index contributed by atoms with van der Waals surface area (Å²) in [6.07, 6.45) is 2.59. The van der Waals surface area contributed by atoms with E-state index in [1.54, 1.807) is 0 Å². The molecule has 0 radical (unpaired) electrons. The maximum absolute atomic E-state index is 13.5. The van der Waals surface area contributed by atoms with Crippen LogP contribution in [0.15, 0.2) is 35.9 Å². The van der Waals surface area contributed by atoms with Crippen molar-refractivity contribution < 1.29 is 24.2 Å². The molecule has 1 spiro atoms. The maximum atomic E-state index is 13.5. The van der Waals surface area contributed by atoms with Gasteiger partial charge in [0.1, 0.15) is 18.1 Å². The number of para-hydroxylation sites is 1. The number of methoxy groups -OCH3 is 1. The SMILES string of the molecule is C/C=C1\C[N+]2(C)CCC34c5ccccc5NC32C(O)CC1C4(CO)C(=O)OC. The first-order valence-electron chi connectivity index (χ1n) is 10.1. The molecule has 1 saturated carbocycles. The second kappa shape index (κ2) is 5.38. The van der Waals surface area contributed by atoms with E-state index in [0.717, 1.165) is 29.9 Å². The lowest BCUT2D eigenvalue weighted by atomic mass is 9.45. The lowest BCUT2D eigenvalue weighted by Gasteiger charge is -2.58. The number of aliphatic hydroxyl groups excluding tert-OH is 2. The first-order chi connectivity index (χ1) is 13.4. The number of hydrogen-bond acceptors (Lipinski definition) is 5. The van der Waals surface area contributed by atoms with Gasteiger partial charge in [-0.05, 0) is 30.5 Å². The number of rotatable bonds is 2. The molecule has 1 aromatic rings. The lowest BCUT2D eigenvalue weighted by Crippen LogP contribution is -2.78. The minimum Gasteiger partial charge on any atom is -0.468 e. The molecule has 6 unspecified atom stereocenters. The van der Waals surface area contributed by atoms with Crippen LogP contribution in [0.5, 0.6) is 0 Å². The number of nitrogens with one attached hydrogen (secondary N) is 1. The van der Waals surface area contributed by atoms with E-state index in [4.69, 9.17) is 4.74 Å². The molecule has 1 aliphatic carbocycles. The van der Waals surface area contributed by atoms with Gasteiger partial charge in [-0.25, -0.2) is 0 Å². The van der Waals surface area contributed by atoms with Crippen molar-refractivity contribution in [1.82, 2.24) is 0 Å². The number of benzene rings is 1. The van der Waals surface area contributed by atoms with Crippen LogP contribution < -0.4 is 5.32 Å². The summed E-state index contributed by atoms with van der Waals surface area (Å²) in [7, 11) is 3.59. The van der Waals surface area contributed by atoms with E-state index in [1.807, 2.05) is 25.1 Å². The van der Waals surface area contributed by atoms with Crippen molar-refractivity contribution >= 4 is 11.7 Å². The summed E-state index contributed by atoms with van der Waals surface area (Å²) < 4.78 is 5.98. The van der Waals surface area contributed by atoms with Crippen molar-refractivity contribution in [3.05, 3.63) is 41.5 Å². The molecule has 6 atom stereocenters. The average Bonchev–Trinajstić information content (AvgIpc) is 3.12. The van der Waals surface area contributed by atoms with Gasteiger partial charge < -0.3 is 20.3 Å². The number of allylic oxidation sites excluding steroid dienone is 1. The molecule has 5 aliphatic rings. The Morgan fingerprint density at radius 3 is 2.86 bits per heavy atom. The molecular weight excluding hydrogens is 356 g/mol. The highest BCUT2D eigenvalue weighted by Crippen LogP contribution is 2.74. The topological polar surface area (TPSA) is 78.8 Å². The Bertz CT molecular complexity index is 900. The summed E-state index contributed by atoms with van der Waals surface area (Å²) in [4.78, 5) is 13.5. The Hall–Kier alpha value is -1.89. The summed E-state index contributed by atoms with van der Waals surface area (Å²) in [6.45, 7) is 3.26. The van der Waals surface area contributed by atoms with Gasteiger partial charge in [0.15, 0.2) is 0 Å². The maximum Gasteiger partial charge on any atom is 0.316 e. The van der Waals surface area contributed by atoms with Crippen LogP contribution in [0, 0.1) is 11.3 Å². The van der Waals surface area contributed by atoms with Crippen LogP contribution in [0.4, 0.5) is 5.69 Å². The normalized spacial score (nSPS) is 46.7. The Kier molecular flexibility index (Phi) is 3.49. The molecule has 6 nitrogen and oxygen atoms in total. The van der Waals surface area contributed by atoms with Gasteiger partial charge >= 0.3 is 5.97 Å². The van der Waals surface area contributed by atoms with E-state index < -0.39 is 22.6 Å². The van der Waals surface area contributed by atoms with Crippen molar-refractivity contribution in [3.8, 4) is 0 Å². The van der Waals surface area contributed by atoms with E-state index in [0.29, 0.717) is 17.3 Å². The van der Waals surface area contributed by atoms with Gasteiger partial charge in [0.25, 0.3) is 0 Å². The molecule has 6 rings (SSSR count). The zero-order chi connectivity index (χ0) is 19.9. The first-order valence-corrected chi connectivity index (χ1v) is 10.1. The van der Waals surface area contributed by atoms with Crippen molar-refractivity contribution in [2.24, 2.45) is 11.3 Å². The molecule has 150 valence electrons. The summed E-state index contributed by atoms with van der Waals surface area (Å²) in [5, 5.41) is 26.2. The second-order valence-corrected chi connectivity index (χ2v) is 9.16. The zero-order valence-corrected chi connectivity index (χ0v) is 16.7. The number of likely N-dealkylation sites (N-methyl/N-ethyl adjacent to an activating group) is 1. The number of carbonyl (C=O) groups excluding carboxylic acids is 1. The van der Waals surface area contributed by atoms with E-state index in [2.05, 4.69) is 24.5 Å². The van der Waals surface area contributed by atoms with Gasteiger partial charge in [-0.2, -0.15) is 0 Å². The van der Waals surface area contributed by atoms with E-state index in [-0.39, 0.29) is 18.5 Å². The standard InChI is InChI=1S/C22H29N2O4/c1-4-14-12-24(2)10-9-21-15-7-5-6-8-17(15)23-22(21,24)18(26)11-16(14)20(21,13-25)19(27)28-3/h4-8,16,18,23,25-26H,9-13H2,1-3H3/q+1/b14-4+. The monoisotopic (exact) mass is 385 g/mol. The molecule has 4 bridgehead atoms. The summed E-state index contributed by atoms with van der Waals surface area (Å²) in [6, 6.07) is 8.04. The molecule has 3 N–H and O–H groups in total. The molecular formula is C22H29N2O4+. The van der Waals surface area contributed by atoms with Crippen molar-refractivity contribution in [3.63, 3.8) is 0 Å². The van der Waals surface area contributed by atoms with Crippen LogP contribution in [0.1, 0.15) is 25.3 Å². The lowest BCUT2D eigenvalue weighted by molar-refractivity contribution is -0.944. The van der Waals surface area contributed by atoms with Crippen LogP contribution >= 0.6 is 0 Å². The molecule has 4 heterocycles. The molecule has 3 saturated heterocycles. The quantitative estimate of drug-likeness (QED) is 0.407. The highest BCUT2D eigenvalue weighted by Gasteiger charge is 2.88. The molecule has 1 aromatic carbocycles. The fourth-order valence-corrected chi connectivity index (χ4v) is 7.70. The van der Waals surface area contributed by atoms with Crippen molar-refractivity contribution in [1.29, 1.82) is 0 Å². The Morgan fingerprint density at radius 2 is 2.18 bits per heavy atom. The third kappa shape index (κ3) is 1.52. The number of anilines is 1. The number of quaternary nitrogens is 1. The number of ether oxygens (including phenoxy) is 1. The van der Waals surface area contributed by atoms with Crippen LogP contribution in [0.25, 0.3) is 0 Å². The molecule has 4 fully saturated rings. The van der Waals surface area contributed by atoms with Crippen LogP contribution in [-0.2, 0) is 14.9 Å². The van der Waals surface area contributed by atoms with E-state index in [9.17, 15) is 15.0 Å². The van der Waals surface area contributed by atoms with Crippen molar-refractivity contribution in [2.45, 2.75) is 36.9 Å². The van der Waals surface area contributed by atoms with Gasteiger partial charge in [-0.15, -0.1) is 0 Å². The fraction of sp³-hybridized carbons (Fsp3) is 0.591. The third-order valence-corrected chi connectivity index (χ3v) is 8.64. The second-order valence-electron chi connectivity index (χ2n) is 9.16. The minimum atomic E-state index is -1.13. The van der Waals surface area contributed by atoms with Gasteiger partial charge in [0, 0.05) is 18.0 Å². The predicted octanol–water partition coefficient (Wildman–Crippen LogP) is 1.39. The molecule has 28 heavy (non-hydrogen) atoms. The zero-order valence-electron chi connectivity index (χ0n) is 16.7. The molecule has 0 amide bonds. The van der Waals surface area contributed by atoms with Gasteiger partial charge in [0.05, 0.1) is 32.7 Å². The fourth-order valence-electron chi connectivity index (χ4n) is 7.70. The largest absolute Gasteiger partial charge is 0.468 e. The molecule has 0 aromatic heterocycles. The number of esters is 1. The van der Waals surface area contributed by atoms with E-state index >= 15 is 0 Å². The summed E-state index contributed by atoms with van der Waals surface area (Å²) in [5.74, 6) is -0.629.